The number of halogens is 1. The van der Waals surface area contributed by atoms with Gasteiger partial charge in [0.15, 0.2) is 0 Å². The Morgan fingerprint density at radius 2 is 2.06 bits per heavy atom. The van der Waals surface area contributed by atoms with Gasteiger partial charge in [0.25, 0.3) is 5.56 Å². The molecule has 1 aliphatic rings. The fourth-order valence-electron chi connectivity index (χ4n) is 2.11. The number of hydrogen-bond acceptors (Lipinski definition) is 2. The summed E-state index contributed by atoms with van der Waals surface area (Å²) in [6, 6.07) is 0. The molecule has 5 heteroatoms. The van der Waals surface area contributed by atoms with E-state index in [0.717, 1.165) is 6.42 Å². The number of rotatable bonds is 3. The van der Waals surface area contributed by atoms with E-state index in [0.29, 0.717) is 23.9 Å². The number of H-pyrrole nitrogens is 1. The van der Waals surface area contributed by atoms with E-state index in [1.807, 2.05) is 13.8 Å². The highest BCUT2D eigenvalue weighted by Gasteiger charge is 2.33. The molecule has 2 unspecified atom stereocenters. The molecule has 4 nitrogen and oxygen atoms in total. The van der Waals surface area contributed by atoms with E-state index in [-0.39, 0.29) is 16.6 Å². The van der Waals surface area contributed by atoms with Gasteiger partial charge in [0, 0.05) is 6.54 Å². The van der Waals surface area contributed by atoms with E-state index in [2.05, 4.69) is 11.9 Å². The Hall–Kier alpha value is -1.03. The molecule has 2 atom stereocenters. The number of nitrogens with zero attached hydrogens (tertiary/aromatic N) is 1. The molecule has 0 bridgehead atoms. The number of hydrogen-bond donors (Lipinski definition) is 1. The topological polar surface area (TPSA) is 54.9 Å². The number of aromatic nitrogens is 2. The lowest BCUT2D eigenvalue weighted by atomic mass is 10.1. The lowest BCUT2D eigenvalue weighted by Crippen LogP contribution is -2.38. The minimum atomic E-state index is -0.400. The fraction of sp³-hybridized carbons (Fsp3) is 0.667. The molecule has 1 aliphatic carbocycles. The van der Waals surface area contributed by atoms with E-state index >= 15 is 0 Å². The summed E-state index contributed by atoms with van der Waals surface area (Å²) < 4.78 is 1.29. The van der Waals surface area contributed by atoms with E-state index in [1.165, 1.54) is 4.57 Å². The maximum absolute atomic E-state index is 12.2. The normalized spacial score (nSPS) is 23.1. The maximum Gasteiger partial charge on any atom is 0.329 e. The first-order valence-electron chi connectivity index (χ1n) is 5.94. The molecule has 94 valence electrons. The standard InChI is InChI=1S/C12H17ClN2O2/c1-6(2)9-10(13)14-12(17)15(11(9)16)5-8-4-7(8)3/h6-8H,4-5H2,1-3H3,(H,14,17). The highest BCUT2D eigenvalue weighted by molar-refractivity contribution is 6.30. The summed E-state index contributed by atoms with van der Waals surface area (Å²) in [7, 11) is 0. The van der Waals surface area contributed by atoms with Crippen molar-refractivity contribution in [2.45, 2.75) is 39.7 Å². The highest BCUT2D eigenvalue weighted by atomic mass is 35.5. The van der Waals surface area contributed by atoms with Gasteiger partial charge in [-0.15, -0.1) is 0 Å². The zero-order chi connectivity index (χ0) is 12.7. The van der Waals surface area contributed by atoms with Crippen LogP contribution in [0.25, 0.3) is 0 Å². The van der Waals surface area contributed by atoms with Gasteiger partial charge < -0.3 is 0 Å². The molecule has 0 aliphatic heterocycles. The maximum atomic E-state index is 12.2. The van der Waals surface area contributed by atoms with Crippen molar-refractivity contribution in [1.29, 1.82) is 0 Å². The van der Waals surface area contributed by atoms with E-state index < -0.39 is 5.69 Å². The lowest BCUT2D eigenvalue weighted by molar-refractivity contribution is 0.543. The van der Waals surface area contributed by atoms with Gasteiger partial charge in [0.1, 0.15) is 5.15 Å². The second-order valence-corrected chi connectivity index (χ2v) is 5.58. The van der Waals surface area contributed by atoms with Crippen LogP contribution in [0, 0.1) is 11.8 Å². The molecular weight excluding hydrogens is 240 g/mol. The van der Waals surface area contributed by atoms with Crippen LogP contribution in [0.15, 0.2) is 9.59 Å². The summed E-state index contributed by atoms with van der Waals surface area (Å²) in [5, 5.41) is 0.176. The predicted octanol–water partition coefficient (Wildman–Crippen LogP) is 1.97. The van der Waals surface area contributed by atoms with Gasteiger partial charge in [-0.25, -0.2) is 4.79 Å². The second kappa shape index (κ2) is 4.33. The first-order valence-corrected chi connectivity index (χ1v) is 6.32. The predicted molar refractivity (Wildman–Crippen MR) is 67.7 cm³/mol. The minimum absolute atomic E-state index is 0.00901. The molecule has 1 N–H and O–H groups in total. The molecule has 17 heavy (non-hydrogen) atoms. The second-order valence-electron chi connectivity index (χ2n) is 5.20. The van der Waals surface area contributed by atoms with Crippen molar-refractivity contribution in [3.8, 4) is 0 Å². The summed E-state index contributed by atoms with van der Waals surface area (Å²) in [6.45, 7) is 6.42. The smallest absolute Gasteiger partial charge is 0.297 e. The third kappa shape index (κ3) is 2.32. The fourth-order valence-corrected chi connectivity index (χ4v) is 2.49. The zero-order valence-electron chi connectivity index (χ0n) is 10.3. The van der Waals surface area contributed by atoms with Gasteiger partial charge in [-0.05, 0) is 24.2 Å². The summed E-state index contributed by atoms with van der Waals surface area (Å²) in [6.07, 6.45) is 1.09. The van der Waals surface area contributed by atoms with Gasteiger partial charge in [-0.1, -0.05) is 32.4 Å². The summed E-state index contributed by atoms with van der Waals surface area (Å²) in [5.41, 5.74) is -0.143. The van der Waals surface area contributed by atoms with Crippen LogP contribution in [0.3, 0.4) is 0 Å². The molecule has 0 spiro atoms. The van der Waals surface area contributed by atoms with Crippen molar-refractivity contribution in [3.05, 3.63) is 31.6 Å². The molecule has 1 aromatic heterocycles. The average Bonchev–Trinajstić information content (AvgIpc) is 2.88. The van der Waals surface area contributed by atoms with Gasteiger partial charge in [-0.3, -0.25) is 14.3 Å². The first kappa shape index (κ1) is 12.4. The minimum Gasteiger partial charge on any atom is -0.297 e. The van der Waals surface area contributed by atoms with E-state index in [1.54, 1.807) is 0 Å². The Morgan fingerprint density at radius 1 is 1.47 bits per heavy atom. The molecule has 0 aromatic carbocycles. The van der Waals surface area contributed by atoms with Crippen LogP contribution in [0.2, 0.25) is 5.15 Å². The molecule has 1 heterocycles. The Labute approximate surface area is 105 Å². The van der Waals surface area contributed by atoms with Crippen molar-refractivity contribution in [3.63, 3.8) is 0 Å². The molecule has 0 amide bonds. The molecule has 1 fully saturated rings. The average molecular weight is 257 g/mol. The molecule has 0 radical (unpaired) electrons. The Morgan fingerprint density at radius 3 is 2.53 bits per heavy atom. The van der Waals surface area contributed by atoms with Crippen LogP contribution in [0.1, 0.15) is 38.7 Å². The van der Waals surface area contributed by atoms with Crippen LogP contribution in [-0.2, 0) is 6.54 Å². The number of nitrogens with one attached hydrogen (secondary N) is 1. The Balaban J connectivity index is 2.48. The molecule has 1 saturated carbocycles. The van der Waals surface area contributed by atoms with Gasteiger partial charge in [-0.2, -0.15) is 0 Å². The third-order valence-corrected chi connectivity index (χ3v) is 3.74. The van der Waals surface area contributed by atoms with Crippen LogP contribution >= 0.6 is 11.6 Å². The SMILES string of the molecule is CC(C)c1c(Cl)[nH]c(=O)n(CC2CC2C)c1=O. The first-order chi connectivity index (χ1) is 7.91. The van der Waals surface area contributed by atoms with Crippen molar-refractivity contribution >= 4 is 11.6 Å². The van der Waals surface area contributed by atoms with E-state index in [9.17, 15) is 9.59 Å². The molecule has 1 aromatic rings. The van der Waals surface area contributed by atoms with Crippen LogP contribution in [-0.4, -0.2) is 9.55 Å². The summed E-state index contributed by atoms with van der Waals surface area (Å²) in [4.78, 5) is 26.5. The van der Waals surface area contributed by atoms with Crippen molar-refractivity contribution < 1.29 is 0 Å². The number of aromatic amines is 1. The molecule has 0 saturated heterocycles. The highest BCUT2D eigenvalue weighted by Crippen LogP contribution is 2.38. The van der Waals surface area contributed by atoms with Crippen LogP contribution in [0.4, 0.5) is 0 Å². The largest absolute Gasteiger partial charge is 0.329 e. The van der Waals surface area contributed by atoms with Crippen LogP contribution in [0.5, 0.6) is 0 Å². The van der Waals surface area contributed by atoms with Crippen molar-refractivity contribution in [2.24, 2.45) is 11.8 Å². The summed E-state index contributed by atoms with van der Waals surface area (Å²) >= 11 is 5.91. The molecule has 2 rings (SSSR count). The Bertz CT molecular complexity index is 544. The lowest BCUT2D eigenvalue weighted by Gasteiger charge is -2.10. The zero-order valence-corrected chi connectivity index (χ0v) is 11.0. The molecular formula is C12H17ClN2O2. The van der Waals surface area contributed by atoms with Gasteiger partial charge in [0.2, 0.25) is 0 Å². The Kier molecular flexibility index (Phi) is 3.17. The van der Waals surface area contributed by atoms with Crippen LogP contribution < -0.4 is 11.2 Å². The monoisotopic (exact) mass is 256 g/mol. The van der Waals surface area contributed by atoms with Gasteiger partial charge in [0.05, 0.1) is 5.56 Å². The van der Waals surface area contributed by atoms with E-state index in [4.69, 9.17) is 11.6 Å². The van der Waals surface area contributed by atoms with Crippen molar-refractivity contribution in [2.75, 3.05) is 0 Å². The quantitative estimate of drug-likeness (QED) is 0.841. The third-order valence-electron chi connectivity index (χ3n) is 3.44. The van der Waals surface area contributed by atoms with Gasteiger partial charge >= 0.3 is 5.69 Å². The summed E-state index contributed by atoms with van der Waals surface area (Å²) in [5.74, 6) is 1.07. The van der Waals surface area contributed by atoms with Crippen molar-refractivity contribution in [1.82, 2.24) is 9.55 Å².